The number of amides is 2. The molecule has 1 N–H and O–H groups in total. The summed E-state index contributed by atoms with van der Waals surface area (Å²) in [5.74, 6) is 0. The van der Waals surface area contributed by atoms with Crippen molar-refractivity contribution in [1.29, 1.82) is 0 Å². The molecule has 0 saturated carbocycles. The van der Waals surface area contributed by atoms with Gasteiger partial charge in [-0.15, -0.1) is 0 Å². The van der Waals surface area contributed by atoms with Crippen LogP contribution in [0.1, 0.15) is 42.4 Å². The maximum atomic E-state index is 13.2. The fourth-order valence-corrected chi connectivity index (χ4v) is 5.65. The van der Waals surface area contributed by atoms with Crippen LogP contribution in [0.2, 0.25) is 5.02 Å². The molecule has 0 spiro atoms. The highest BCUT2D eigenvalue weighted by Crippen LogP contribution is 2.44. The Hall–Kier alpha value is -2.73. The summed E-state index contributed by atoms with van der Waals surface area (Å²) in [5.41, 5.74) is 3.75. The second-order valence-electron chi connectivity index (χ2n) is 9.33. The average molecular weight is 524 g/mol. The van der Waals surface area contributed by atoms with Crippen LogP contribution in [0.15, 0.2) is 78.9 Å². The van der Waals surface area contributed by atoms with E-state index in [9.17, 15) is 4.79 Å². The third-order valence-electron chi connectivity index (χ3n) is 7.01. The molecule has 0 bridgehead atoms. The second-order valence-corrected chi connectivity index (χ2v) is 10.3. The number of para-hydroxylation sites is 1. The highest BCUT2D eigenvalue weighted by Gasteiger charge is 2.43. The highest BCUT2D eigenvalue weighted by atomic mass is 35.5. The van der Waals surface area contributed by atoms with Gasteiger partial charge in [-0.25, -0.2) is 4.79 Å². The number of hydrogen-bond donors (Lipinski definition) is 1. The molecule has 3 aromatic carbocycles. The molecule has 0 aliphatic carbocycles. The van der Waals surface area contributed by atoms with Gasteiger partial charge in [0.15, 0.2) is 5.06 Å². The largest absolute Gasteiger partial charge is 0.371 e. The predicted octanol–water partition coefficient (Wildman–Crippen LogP) is 6.73. The number of nitrogens with one attached hydrogen (secondary N) is 1. The molecule has 3 aromatic rings. The summed E-state index contributed by atoms with van der Waals surface area (Å²) in [6.07, 6.45) is 3.94. The maximum Gasteiger partial charge on any atom is 0.319 e. The highest BCUT2D eigenvalue weighted by molar-refractivity contribution is 6.33. The number of nitrogens with zero attached hydrogens (tertiary/aromatic N) is 2. The third kappa shape index (κ3) is 5.19. The van der Waals surface area contributed by atoms with E-state index in [1.807, 2.05) is 54.6 Å². The summed E-state index contributed by atoms with van der Waals surface area (Å²) >= 11 is 13.7. The summed E-state index contributed by atoms with van der Waals surface area (Å²) in [4.78, 5) is 17.3. The number of urea groups is 1. The molecule has 2 fully saturated rings. The maximum absolute atomic E-state index is 13.2. The first kappa shape index (κ1) is 24.9. The number of alkyl halides is 1. The smallest absolute Gasteiger partial charge is 0.319 e. The number of carbonyl (C=O) groups is 1. The van der Waals surface area contributed by atoms with Crippen LogP contribution < -0.4 is 10.2 Å². The number of halogens is 2. The molecule has 2 unspecified atom stereocenters. The Morgan fingerprint density at radius 2 is 1.61 bits per heavy atom. The summed E-state index contributed by atoms with van der Waals surface area (Å²) in [7, 11) is 0. The van der Waals surface area contributed by atoms with Gasteiger partial charge in [-0.1, -0.05) is 89.9 Å². The first-order valence-electron chi connectivity index (χ1n) is 12.6. The quantitative estimate of drug-likeness (QED) is 0.349. The van der Waals surface area contributed by atoms with Crippen molar-refractivity contribution in [3.8, 4) is 0 Å². The zero-order valence-electron chi connectivity index (χ0n) is 20.2. The van der Waals surface area contributed by atoms with Gasteiger partial charge in [0, 0.05) is 54.4 Å². The Labute approximate surface area is 222 Å². The lowest BCUT2D eigenvalue weighted by atomic mass is 10.00. The second kappa shape index (κ2) is 11.1. The van der Waals surface area contributed by atoms with Gasteiger partial charge in [-0.05, 0) is 37.0 Å². The number of hydrogen-bond acceptors (Lipinski definition) is 3. The fourth-order valence-electron chi connectivity index (χ4n) is 4.94. The summed E-state index contributed by atoms with van der Waals surface area (Å²) < 4.78 is 6.47. The molecule has 2 saturated heterocycles. The van der Waals surface area contributed by atoms with Gasteiger partial charge in [0.05, 0.1) is 0 Å². The van der Waals surface area contributed by atoms with E-state index in [0.717, 1.165) is 24.2 Å². The van der Waals surface area contributed by atoms with Crippen LogP contribution in [0, 0.1) is 0 Å². The van der Waals surface area contributed by atoms with Gasteiger partial charge in [0.25, 0.3) is 0 Å². The fraction of sp³-hybridized carbons (Fsp3) is 0.345. The zero-order chi connectivity index (χ0) is 25.0. The van der Waals surface area contributed by atoms with E-state index in [0.29, 0.717) is 30.1 Å². The number of benzene rings is 3. The van der Waals surface area contributed by atoms with Gasteiger partial charge in [0.1, 0.15) is 6.23 Å². The lowest BCUT2D eigenvalue weighted by Crippen LogP contribution is -2.57. The van der Waals surface area contributed by atoms with Crippen molar-refractivity contribution in [2.75, 3.05) is 24.5 Å². The van der Waals surface area contributed by atoms with E-state index in [1.54, 1.807) is 11.0 Å². The van der Waals surface area contributed by atoms with Gasteiger partial charge in [-0.2, -0.15) is 0 Å². The Kier molecular flexibility index (Phi) is 7.70. The average Bonchev–Trinajstić information content (AvgIpc) is 2.91. The third-order valence-corrected chi connectivity index (χ3v) is 7.85. The molecule has 0 radical (unpaired) electrons. The van der Waals surface area contributed by atoms with E-state index in [1.165, 1.54) is 24.9 Å². The minimum atomic E-state index is -1.32. The summed E-state index contributed by atoms with van der Waals surface area (Å²) in [5, 5.41) is 2.30. The van der Waals surface area contributed by atoms with Gasteiger partial charge >= 0.3 is 6.03 Å². The zero-order valence-corrected chi connectivity index (χ0v) is 21.7. The van der Waals surface area contributed by atoms with Crippen molar-refractivity contribution in [2.45, 2.75) is 43.5 Å². The molecular formula is C29H31Cl2N3O2. The van der Waals surface area contributed by atoms with Crippen LogP contribution in [0.3, 0.4) is 0 Å². The minimum absolute atomic E-state index is 0.161. The Morgan fingerprint density at radius 3 is 2.33 bits per heavy atom. The lowest BCUT2D eigenvalue weighted by molar-refractivity contribution is -0.136. The molecule has 2 atom stereocenters. The number of rotatable bonds is 7. The molecule has 2 amide bonds. The molecule has 7 heteroatoms. The normalized spacial score (nSPS) is 19.3. The number of piperidine rings is 1. The van der Waals surface area contributed by atoms with Crippen molar-refractivity contribution < 1.29 is 9.53 Å². The lowest BCUT2D eigenvalue weighted by Gasteiger charge is -2.44. The Morgan fingerprint density at radius 1 is 0.917 bits per heavy atom. The van der Waals surface area contributed by atoms with Crippen LogP contribution in [0.5, 0.6) is 0 Å². The van der Waals surface area contributed by atoms with E-state index in [4.69, 9.17) is 27.9 Å². The molecule has 2 heterocycles. The number of likely N-dealkylation sites (tertiary alicyclic amines) is 1. The molecule has 36 heavy (non-hydrogen) atoms. The molecule has 5 nitrogen and oxygen atoms in total. The van der Waals surface area contributed by atoms with E-state index < -0.39 is 11.3 Å². The monoisotopic (exact) mass is 523 g/mol. The van der Waals surface area contributed by atoms with Gasteiger partial charge in [-0.3, -0.25) is 4.90 Å². The van der Waals surface area contributed by atoms with Gasteiger partial charge < -0.3 is 15.0 Å². The van der Waals surface area contributed by atoms with Crippen molar-refractivity contribution in [3.05, 3.63) is 101 Å². The van der Waals surface area contributed by atoms with Crippen molar-refractivity contribution >= 4 is 34.9 Å². The Balaban J connectivity index is 1.29. The van der Waals surface area contributed by atoms with Crippen LogP contribution in [-0.4, -0.2) is 36.8 Å². The van der Waals surface area contributed by atoms with Crippen LogP contribution in [-0.2, 0) is 16.3 Å². The number of ether oxygens (including phenoxy) is 1. The van der Waals surface area contributed by atoms with E-state index in [-0.39, 0.29) is 6.03 Å². The SMILES string of the molecule is O=C(NCc1ccccc1N1CCCCC1)N1CCC1OC(Cl)(c1ccccc1)c1ccccc1Cl. The molecule has 2 aliphatic heterocycles. The topological polar surface area (TPSA) is 44.8 Å². The Bertz CT molecular complexity index is 1190. The molecule has 2 aliphatic rings. The van der Waals surface area contributed by atoms with Crippen molar-refractivity contribution in [2.24, 2.45) is 0 Å². The first-order chi connectivity index (χ1) is 17.6. The minimum Gasteiger partial charge on any atom is -0.371 e. The number of carbonyl (C=O) groups excluding carboxylic acids is 1. The standard InChI is InChI=1S/C29H31Cl2N3O2/c30-25-15-7-6-14-24(25)29(31,23-12-3-1-4-13-23)36-27-17-20-34(27)28(35)32-21-22-11-5-8-16-26(22)33-18-9-2-10-19-33/h1,3-8,11-16,27H,2,9-10,17-21H2,(H,32,35). The van der Waals surface area contributed by atoms with Gasteiger partial charge in [0.2, 0.25) is 0 Å². The first-order valence-corrected chi connectivity index (χ1v) is 13.4. The van der Waals surface area contributed by atoms with E-state index in [2.05, 4.69) is 28.4 Å². The summed E-state index contributed by atoms with van der Waals surface area (Å²) in [6.45, 7) is 3.19. The molecular weight excluding hydrogens is 493 g/mol. The number of anilines is 1. The van der Waals surface area contributed by atoms with Crippen molar-refractivity contribution in [1.82, 2.24) is 10.2 Å². The molecule has 0 aromatic heterocycles. The molecule has 5 rings (SSSR count). The van der Waals surface area contributed by atoms with E-state index >= 15 is 0 Å². The van der Waals surface area contributed by atoms with Crippen molar-refractivity contribution in [3.63, 3.8) is 0 Å². The van der Waals surface area contributed by atoms with Crippen LogP contribution in [0.4, 0.5) is 10.5 Å². The summed E-state index contributed by atoms with van der Waals surface area (Å²) in [6, 6.07) is 25.2. The predicted molar refractivity (Wildman–Crippen MR) is 145 cm³/mol. The van der Waals surface area contributed by atoms with Crippen LogP contribution in [0.25, 0.3) is 0 Å². The molecule has 188 valence electrons. The van der Waals surface area contributed by atoms with Crippen LogP contribution >= 0.6 is 23.2 Å².